The fourth-order valence-corrected chi connectivity index (χ4v) is 3.21. The minimum atomic E-state index is -0.323. The molecule has 1 fully saturated rings. The van der Waals surface area contributed by atoms with Crippen molar-refractivity contribution in [2.75, 3.05) is 31.5 Å². The van der Waals surface area contributed by atoms with Crippen molar-refractivity contribution in [1.29, 1.82) is 0 Å². The first-order valence-electron chi connectivity index (χ1n) is 8.80. The van der Waals surface area contributed by atoms with E-state index in [2.05, 4.69) is 27.1 Å². The first-order valence-corrected chi connectivity index (χ1v) is 8.80. The van der Waals surface area contributed by atoms with E-state index in [1.807, 2.05) is 38.4 Å². The van der Waals surface area contributed by atoms with Crippen LogP contribution in [0.15, 0.2) is 12.3 Å². The third kappa shape index (κ3) is 4.55. The SMILES string of the molecule is CC(O)CN1CCN(C(C)C(=O)Nc2ccnn2C(C)C)CC1C. The Morgan fingerprint density at radius 1 is 1.38 bits per heavy atom. The summed E-state index contributed by atoms with van der Waals surface area (Å²) in [6.45, 7) is 13.2. The first-order chi connectivity index (χ1) is 11.3. The minimum Gasteiger partial charge on any atom is -0.392 e. The van der Waals surface area contributed by atoms with Crippen LogP contribution < -0.4 is 5.32 Å². The first kappa shape index (κ1) is 18.9. The van der Waals surface area contributed by atoms with Crippen LogP contribution in [0.2, 0.25) is 0 Å². The lowest BCUT2D eigenvalue weighted by molar-refractivity contribution is -0.122. The highest BCUT2D eigenvalue weighted by Gasteiger charge is 2.30. The van der Waals surface area contributed by atoms with E-state index in [0.717, 1.165) is 25.5 Å². The smallest absolute Gasteiger partial charge is 0.242 e. The van der Waals surface area contributed by atoms with Crippen LogP contribution in [-0.2, 0) is 4.79 Å². The van der Waals surface area contributed by atoms with Crippen molar-refractivity contribution in [2.24, 2.45) is 0 Å². The number of piperazine rings is 1. The molecule has 0 spiro atoms. The molecule has 2 rings (SSSR count). The molecule has 0 bridgehead atoms. The maximum atomic E-state index is 12.6. The molecule has 136 valence electrons. The van der Waals surface area contributed by atoms with Gasteiger partial charge in [0.05, 0.1) is 18.3 Å². The quantitative estimate of drug-likeness (QED) is 0.815. The van der Waals surface area contributed by atoms with E-state index in [4.69, 9.17) is 0 Å². The summed E-state index contributed by atoms with van der Waals surface area (Å²) in [5.74, 6) is 0.733. The highest BCUT2D eigenvalue weighted by Crippen LogP contribution is 2.16. The number of aliphatic hydroxyl groups excluding tert-OH is 1. The van der Waals surface area contributed by atoms with E-state index >= 15 is 0 Å². The zero-order valence-corrected chi connectivity index (χ0v) is 15.4. The van der Waals surface area contributed by atoms with Crippen LogP contribution in [0.3, 0.4) is 0 Å². The lowest BCUT2D eigenvalue weighted by Gasteiger charge is -2.42. The van der Waals surface area contributed by atoms with Crippen LogP contribution in [0.1, 0.15) is 40.7 Å². The summed E-state index contributed by atoms with van der Waals surface area (Å²) in [6.07, 6.45) is 1.38. The van der Waals surface area contributed by atoms with Gasteiger partial charge in [0.15, 0.2) is 0 Å². The van der Waals surface area contributed by atoms with E-state index < -0.39 is 0 Å². The van der Waals surface area contributed by atoms with Crippen molar-refractivity contribution < 1.29 is 9.90 Å². The van der Waals surface area contributed by atoms with Gasteiger partial charge in [0.1, 0.15) is 5.82 Å². The molecule has 1 aromatic rings. The molecule has 3 unspecified atom stereocenters. The molecule has 0 aromatic carbocycles. The van der Waals surface area contributed by atoms with Crippen LogP contribution in [0, 0.1) is 0 Å². The fourth-order valence-electron chi connectivity index (χ4n) is 3.21. The molecule has 3 atom stereocenters. The van der Waals surface area contributed by atoms with E-state index in [-0.39, 0.29) is 24.1 Å². The van der Waals surface area contributed by atoms with Gasteiger partial charge < -0.3 is 10.4 Å². The number of nitrogens with one attached hydrogen (secondary N) is 1. The zero-order valence-electron chi connectivity index (χ0n) is 15.4. The summed E-state index contributed by atoms with van der Waals surface area (Å²) in [5, 5.41) is 16.8. The molecule has 1 aliphatic heterocycles. The van der Waals surface area contributed by atoms with Gasteiger partial charge in [-0.15, -0.1) is 0 Å². The molecule has 1 amide bonds. The number of aliphatic hydroxyl groups is 1. The fraction of sp³-hybridized carbons (Fsp3) is 0.765. The topological polar surface area (TPSA) is 73.6 Å². The third-order valence-electron chi connectivity index (χ3n) is 4.63. The largest absolute Gasteiger partial charge is 0.392 e. The molecule has 7 heteroatoms. The normalized spacial score (nSPS) is 22.5. The van der Waals surface area contributed by atoms with Gasteiger partial charge in [0, 0.05) is 44.3 Å². The van der Waals surface area contributed by atoms with Crippen LogP contribution in [-0.4, -0.2) is 75.0 Å². The number of anilines is 1. The Labute approximate surface area is 144 Å². The number of β-amino-alcohol motifs (C(OH)–C–C–N with tert-alkyl or cyclic N) is 1. The summed E-state index contributed by atoms with van der Waals surface area (Å²) in [7, 11) is 0. The lowest BCUT2D eigenvalue weighted by atomic mass is 10.1. The van der Waals surface area contributed by atoms with Gasteiger partial charge in [0.2, 0.25) is 5.91 Å². The van der Waals surface area contributed by atoms with Crippen LogP contribution >= 0.6 is 0 Å². The van der Waals surface area contributed by atoms with Crippen molar-refractivity contribution in [3.63, 3.8) is 0 Å². The molecule has 1 aliphatic rings. The number of aromatic nitrogens is 2. The molecular formula is C17H31N5O2. The van der Waals surface area contributed by atoms with Crippen molar-refractivity contribution in [1.82, 2.24) is 19.6 Å². The maximum absolute atomic E-state index is 12.6. The highest BCUT2D eigenvalue weighted by atomic mass is 16.3. The van der Waals surface area contributed by atoms with Crippen molar-refractivity contribution in [3.8, 4) is 0 Å². The van der Waals surface area contributed by atoms with Gasteiger partial charge in [-0.05, 0) is 34.6 Å². The Bertz CT molecular complexity index is 543. The van der Waals surface area contributed by atoms with Gasteiger partial charge in [0.25, 0.3) is 0 Å². The Hall–Kier alpha value is -1.44. The molecule has 7 nitrogen and oxygen atoms in total. The number of hydrogen-bond acceptors (Lipinski definition) is 5. The number of carbonyl (C=O) groups excluding carboxylic acids is 1. The average molecular weight is 337 g/mol. The summed E-state index contributed by atoms with van der Waals surface area (Å²) in [6, 6.07) is 2.16. The molecule has 0 radical (unpaired) electrons. The molecule has 2 heterocycles. The Balaban J connectivity index is 1.93. The number of hydrogen-bond donors (Lipinski definition) is 2. The lowest BCUT2D eigenvalue weighted by Crippen LogP contribution is -2.57. The van der Waals surface area contributed by atoms with Gasteiger partial charge >= 0.3 is 0 Å². The Morgan fingerprint density at radius 2 is 2.08 bits per heavy atom. The predicted octanol–water partition coefficient (Wildman–Crippen LogP) is 1.18. The van der Waals surface area contributed by atoms with E-state index in [0.29, 0.717) is 12.6 Å². The molecule has 1 saturated heterocycles. The van der Waals surface area contributed by atoms with E-state index in [1.54, 1.807) is 6.20 Å². The van der Waals surface area contributed by atoms with E-state index in [1.165, 1.54) is 0 Å². The van der Waals surface area contributed by atoms with Crippen molar-refractivity contribution in [3.05, 3.63) is 12.3 Å². The summed E-state index contributed by atoms with van der Waals surface area (Å²) in [4.78, 5) is 17.1. The molecular weight excluding hydrogens is 306 g/mol. The molecule has 0 saturated carbocycles. The van der Waals surface area contributed by atoms with E-state index in [9.17, 15) is 9.90 Å². The second kappa shape index (κ2) is 8.09. The van der Waals surface area contributed by atoms with Crippen molar-refractivity contribution in [2.45, 2.75) is 58.8 Å². The number of rotatable bonds is 6. The van der Waals surface area contributed by atoms with Gasteiger partial charge in [-0.25, -0.2) is 4.68 Å². The monoisotopic (exact) mass is 337 g/mol. The molecule has 2 N–H and O–H groups in total. The van der Waals surface area contributed by atoms with Crippen LogP contribution in [0.4, 0.5) is 5.82 Å². The summed E-state index contributed by atoms with van der Waals surface area (Å²) >= 11 is 0. The summed E-state index contributed by atoms with van der Waals surface area (Å²) < 4.78 is 1.81. The Morgan fingerprint density at radius 3 is 2.67 bits per heavy atom. The summed E-state index contributed by atoms with van der Waals surface area (Å²) in [5.41, 5.74) is 0. The minimum absolute atomic E-state index is 0.00595. The second-order valence-electron chi connectivity index (χ2n) is 7.11. The number of nitrogens with zero attached hydrogens (tertiary/aromatic N) is 4. The number of amides is 1. The molecule has 24 heavy (non-hydrogen) atoms. The molecule has 1 aromatic heterocycles. The van der Waals surface area contributed by atoms with Gasteiger partial charge in [-0.3, -0.25) is 14.6 Å². The Kier molecular flexibility index (Phi) is 6.37. The average Bonchev–Trinajstić information content (AvgIpc) is 2.96. The molecule has 0 aliphatic carbocycles. The predicted molar refractivity (Wildman–Crippen MR) is 95.0 cm³/mol. The standard InChI is InChI=1S/C17H31N5O2/c1-12(2)22-16(6-7-18-22)19-17(24)15(5)21-9-8-20(11-14(4)23)13(3)10-21/h6-7,12-15,23H,8-11H2,1-5H3,(H,19,24). The number of carbonyl (C=O) groups is 1. The zero-order chi connectivity index (χ0) is 17.9. The van der Waals surface area contributed by atoms with Crippen LogP contribution in [0.25, 0.3) is 0 Å². The van der Waals surface area contributed by atoms with Crippen molar-refractivity contribution >= 4 is 11.7 Å². The highest BCUT2D eigenvalue weighted by molar-refractivity contribution is 5.93. The van der Waals surface area contributed by atoms with Gasteiger partial charge in [-0.2, -0.15) is 5.10 Å². The van der Waals surface area contributed by atoms with Crippen LogP contribution in [0.5, 0.6) is 0 Å². The maximum Gasteiger partial charge on any atom is 0.242 e. The third-order valence-corrected chi connectivity index (χ3v) is 4.63. The van der Waals surface area contributed by atoms with Gasteiger partial charge in [-0.1, -0.05) is 0 Å². The second-order valence-corrected chi connectivity index (χ2v) is 7.11.